The molecule has 88 valence electrons. The fraction of sp³-hybridized carbons (Fsp3) is 0.167. The molecule has 0 aliphatic rings. The predicted octanol–water partition coefficient (Wildman–Crippen LogP) is 1.35. The molecule has 0 aliphatic heterocycles. The second-order valence-corrected chi connectivity index (χ2v) is 3.42. The van der Waals surface area contributed by atoms with Gasteiger partial charge in [-0.25, -0.2) is 0 Å². The molecule has 5 heteroatoms. The number of carbonyl (C=O) groups is 1. The van der Waals surface area contributed by atoms with Crippen LogP contribution in [-0.2, 0) is 0 Å². The third-order valence-corrected chi connectivity index (χ3v) is 2.52. The Hall–Kier alpha value is -2.30. The molecule has 0 saturated heterocycles. The third-order valence-electron chi connectivity index (χ3n) is 2.52. The van der Waals surface area contributed by atoms with Crippen LogP contribution in [0.25, 0.3) is 10.8 Å². The van der Waals surface area contributed by atoms with E-state index in [0.717, 1.165) is 5.39 Å². The number of nitrogens with two attached hydrogens (primary N) is 1. The number of methoxy groups -OCH3 is 2. The number of primary amides is 1. The first-order chi connectivity index (χ1) is 8.19. The van der Waals surface area contributed by atoms with Crippen LogP contribution < -0.4 is 15.2 Å². The van der Waals surface area contributed by atoms with Gasteiger partial charge in [0.1, 0.15) is 5.69 Å². The summed E-state index contributed by atoms with van der Waals surface area (Å²) in [6.07, 6.45) is 1.52. The topological polar surface area (TPSA) is 74.4 Å². The Bertz CT molecular complexity index is 581. The molecule has 5 nitrogen and oxygen atoms in total. The van der Waals surface area contributed by atoms with Gasteiger partial charge in [-0.15, -0.1) is 0 Å². The largest absolute Gasteiger partial charge is 0.493 e. The Balaban J connectivity index is 2.83. The number of fused-ring (bicyclic) bond motifs is 1. The number of benzene rings is 1. The molecule has 0 saturated carbocycles. The summed E-state index contributed by atoms with van der Waals surface area (Å²) in [5.41, 5.74) is 5.49. The van der Waals surface area contributed by atoms with Gasteiger partial charge >= 0.3 is 0 Å². The highest BCUT2D eigenvalue weighted by atomic mass is 16.5. The molecule has 2 aromatic rings. The lowest BCUT2D eigenvalue weighted by Crippen LogP contribution is -2.13. The van der Waals surface area contributed by atoms with E-state index in [9.17, 15) is 4.79 Å². The average molecular weight is 232 g/mol. The van der Waals surface area contributed by atoms with Gasteiger partial charge in [0, 0.05) is 17.0 Å². The maximum atomic E-state index is 11.3. The summed E-state index contributed by atoms with van der Waals surface area (Å²) in [5.74, 6) is 0.597. The van der Waals surface area contributed by atoms with Crippen LogP contribution in [0.5, 0.6) is 11.5 Å². The normalized spacial score (nSPS) is 10.2. The minimum atomic E-state index is -0.567. The zero-order valence-corrected chi connectivity index (χ0v) is 9.56. The Morgan fingerprint density at radius 1 is 1.18 bits per heavy atom. The molecule has 0 radical (unpaired) electrons. The molecular weight excluding hydrogens is 220 g/mol. The summed E-state index contributed by atoms with van der Waals surface area (Å²) in [6, 6.07) is 5.21. The van der Waals surface area contributed by atoms with Gasteiger partial charge in [0.25, 0.3) is 5.91 Å². The van der Waals surface area contributed by atoms with Crippen molar-refractivity contribution in [3.63, 3.8) is 0 Å². The van der Waals surface area contributed by atoms with Crippen molar-refractivity contribution in [1.29, 1.82) is 0 Å². The van der Waals surface area contributed by atoms with E-state index in [0.29, 0.717) is 16.9 Å². The van der Waals surface area contributed by atoms with Gasteiger partial charge in [-0.3, -0.25) is 9.78 Å². The first-order valence-electron chi connectivity index (χ1n) is 4.98. The molecule has 2 rings (SSSR count). The van der Waals surface area contributed by atoms with Crippen molar-refractivity contribution in [2.45, 2.75) is 0 Å². The molecule has 0 bridgehead atoms. The summed E-state index contributed by atoms with van der Waals surface area (Å²) in [4.78, 5) is 15.2. The van der Waals surface area contributed by atoms with E-state index >= 15 is 0 Å². The highest BCUT2D eigenvalue weighted by Gasteiger charge is 2.14. The lowest BCUT2D eigenvalue weighted by Gasteiger charge is -2.11. The standard InChI is InChI=1S/C12H12N2O3/c1-16-9-4-3-7-8(11(9)17-2)5-6-14-10(7)12(13)15/h3-6H,1-2H3,(H2,13,15). The Labute approximate surface area is 98.2 Å². The van der Waals surface area contributed by atoms with Crippen LogP contribution in [0, 0.1) is 0 Å². The highest BCUT2D eigenvalue weighted by Crippen LogP contribution is 2.35. The molecule has 1 aromatic heterocycles. The second-order valence-electron chi connectivity index (χ2n) is 3.42. The van der Waals surface area contributed by atoms with Gasteiger partial charge in [-0.05, 0) is 18.2 Å². The van der Waals surface area contributed by atoms with Gasteiger partial charge in [0.15, 0.2) is 11.5 Å². The van der Waals surface area contributed by atoms with Crippen LogP contribution in [-0.4, -0.2) is 25.1 Å². The molecule has 2 N–H and O–H groups in total. The Morgan fingerprint density at radius 2 is 1.94 bits per heavy atom. The lowest BCUT2D eigenvalue weighted by molar-refractivity contribution is 0.0997. The molecule has 1 heterocycles. The number of amides is 1. The fourth-order valence-electron chi connectivity index (χ4n) is 1.78. The maximum absolute atomic E-state index is 11.3. The smallest absolute Gasteiger partial charge is 0.267 e. The van der Waals surface area contributed by atoms with Crippen LogP contribution in [0.1, 0.15) is 10.5 Å². The summed E-state index contributed by atoms with van der Waals surface area (Å²) >= 11 is 0. The number of rotatable bonds is 3. The summed E-state index contributed by atoms with van der Waals surface area (Å²) < 4.78 is 10.5. The molecule has 0 fully saturated rings. The number of nitrogens with zero attached hydrogens (tertiary/aromatic N) is 1. The van der Waals surface area contributed by atoms with Crippen molar-refractivity contribution < 1.29 is 14.3 Å². The number of ether oxygens (including phenoxy) is 2. The Kier molecular flexibility index (Phi) is 2.82. The predicted molar refractivity (Wildman–Crippen MR) is 63.4 cm³/mol. The molecule has 0 atom stereocenters. The second kappa shape index (κ2) is 4.29. The van der Waals surface area contributed by atoms with Gasteiger partial charge in [-0.2, -0.15) is 0 Å². The zero-order valence-electron chi connectivity index (χ0n) is 9.56. The molecular formula is C12H12N2O3. The van der Waals surface area contributed by atoms with Crippen molar-refractivity contribution in [1.82, 2.24) is 4.98 Å². The number of aromatic nitrogens is 1. The number of hydrogen-bond acceptors (Lipinski definition) is 4. The monoisotopic (exact) mass is 232 g/mol. The zero-order chi connectivity index (χ0) is 12.4. The first-order valence-corrected chi connectivity index (χ1v) is 4.98. The van der Waals surface area contributed by atoms with E-state index in [1.807, 2.05) is 0 Å². The first kappa shape index (κ1) is 11.2. The molecule has 0 unspecified atom stereocenters. The number of pyridine rings is 1. The van der Waals surface area contributed by atoms with Gasteiger partial charge < -0.3 is 15.2 Å². The third kappa shape index (κ3) is 1.75. The van der Waals surface area contributed by atoms with Gasteiger partial charge in [-0.1, -0.05) is 0 Å². The molecule has 1 amide bonds. The van der Waals surface area contributed by atoms with E-state index in [1.165, 1.54) is 6.20 Å². The summed E-state index contributed by atoms with van der Waals surface area (Å²) in [6.45, 7) is 0. The van der Waals surface area contributed by atoms with Crippen molar-refractivity contribution in [2.24, 2.45) is 5.73 Å². The van der Waals surface area contributed by atoms with E-state index < -0.39 is 5.91 Å². The highest BCUT2D eigenvalue weighted by molar-refractivity contribution is 6.06. The summed E-state index contributed by atoms with van der Waals surface area (Å²) in [5, 5.41) is 1.40. The van der Waals surface area contributed by atoms with Crippen LogP contribution >= 0.6 is 0 Å². The van der Waals surface area contributed by atoms with Crippen LogP contribution in [0.4, 0.5) is 0 Å². The molecule has 1 aromatic carbocycles. The van der Waals surface area contributed by atoms with E-state index in [2.05, 4.69) is 4.98 Å². The van der Waals surface area contributed by atoms with E-state index in [-0.39, 0.29) is 5.69 Å². The maximum Gasteiger partial charge on any atom is 0.267 e. The van der Waals surface area contributed by atoms with E-state index in [1.54, 1.807) is 32.4 Å². The fourth-order valence-corrected chi connectivity index (χ4v) is 1.78. The van der Waals surface area contributed by atoms with Crippen molar-refractivity contribution in [3.05, 3.63) is 30.1 Å². The average Bonchev–Trinajstić information content (AvgIpc) is 2.36. The Morgan fingerprint density at radius 3 is 2.53 bits per heavy atom. The SMILES string of the molecule is COc1ccc2c(C(N)=O)nccc2c1OC. The number of hydrogen-bond donors (Lipinski definition) is 1. The van der Waals surface area contributed by atoms with E-state index in [4.69, 9.17) is 15.2 Å². The molecule has 0 aliphatic carbocycles. The summed E-state index contributed by atoms with van der Waals surface area (Å²) in [7, 11) is 3.10. The minimum absolute atomic E-state index is 0.225. The van der Waals surface area contributed by atoms with Crippen LogP contribution in [0.2, 0.25) is 0 Å². The van der Waals surface area contributed by atoms with Crippen molar-refractivity contribution >= 4 is 16.7 Å². The van der Waals surface area contributed by atoms with Gasteiger partial charge in [0.05, 0.1) is 14.2 Å². The lowest BCUT2D eigenvalue weighted by atomic mass is 10.1. The van der Waals surface area contributed by atoms with Crippen molar-refractivity contribution in [2.75, 3.05) is 14.2 Å². The molecule has 17 heavy (non-hydrogen) atoms. The van der Waals surface area contributed by atoms with Crippen LogP contribution in [0.15, 0.2) is 24.4 Å². The van der Waals surface area contributed by atoms with Crippen LogP contribution in [0.3, 0.4) is 0 Å². The molecule has 0 spiro atoms. The number of carbonyl (C=O) groups excluding carboxylic acids is 1. The van der Waals surface area contributed by atoms with Gasteiger partial charge in [0.2, 0.25) is 0 Å². The quantitative estimate of drug-likeness (QED) is 0.866. The minimum Gasteiger partial charge on any atom is -0.493 e. The van der Waals surface area contributed by atoms with Crippen molar-refractivity contribution in [3.8, 4) is 11.5 Å².